The van der Waals surface area contributed by atoms with E-state index in [9.17, 15) is 19.2 Å². The van der Waals surface area contributed by atoms with Crippen molar-refractivity contribution in [3.05, 3.63) is 77.9 Å². The van der Waals surface area contributed by atoms with E-state index in [4.69, 9.17) is 18.9 Å². The van der Waals surface area contributed by atoms with E-state index in [1.165, 1.54) is 6.92 Å². The largest absolute Gasteiger partial charge is 0.466 e. The van der Waals surface area contributed by atoms with E-state index in [2.05, 4.69) is 15.1 Å². The van der Waals surface area contributed by atoms with Gasteiger partial charge >= 0.3 is 24.0 Å². The Bertz CT molecular complexity index is 1630. The van der Waals surface area contributed by atoms with E-state index in [0.717, 1.165) is 27.6 Å². The van der Waals surface area contributed by atoms with Gasteiger partial charge in [-0.3, -0.25) is 14.5 Å². The van der Waals surface area contributed by atoms with Crippen LogP contribution in [0.15, 0.2) is 66.7 Å². The summed E-state index contributed by atoms with van der Waals surface area (Å²) in [6.07, 6.45) is -1.76. The molecule has 1 fully saturated rings. The van der Waals surface area contributed by atoms with Crippen LogP contribution in [0.2, 0.25) is 0 Å². The number of esters is 3. The number of ether oxygens (including phenoxy) is 4. The number of rotatable bonds is 13. The van der Waals surface area contributed by atoms with Gasteiger partial charge in [0.1, 0.15) is 17.7 Å². The Morgan fingerprint density at radius 3 is 2.16 bits per heavy atom. The van der Waals surface area contributed by atoms with Crippen molar-refractivity contribution in [1.82, 2.24) is 10.2 Å². The minimum Gasteiger partial charge on any atom is -0.466 e. The molecule has 3 aromatic rings. The molecule has 270 valence electrons. The fourth-order valence-electron chi connectivity index (χ4n) is 6.16. The summed E-state index contributed by atoms with van der Waals surface area (Å²) in [5.74, 6) is -2.13. The fourth-order valence-corrected chi connectivity index (χ4v) is 6.16. The highest BCUT2D eigenvalue weighted by Crippen LogP contribution is 2.33. The van der Waals surface area contributed by atoms with Gasteiger partial charge < -0.3 is 29.2 Å². The summed E-state index contributed by atoms with van der Waals surface area (Å²) >= 11 is 0. The van der Waals surface area contributed by atoms with Crippen LogP contribution in [0.3, 0.4) is 0 Å². The smallest absolute Gasteiger partial charge is 0.408 e. The first-order valence-electron chi connectivity index (χ1n) is 17.3. The van der Waals surface area contributed by atoms with Crippen LogP contribution < -0.4 is 10.2 Å². The number of benzene rings is 3. The summed E-state index contributed by atoms with van der Waals surface area (Å²) in [4.78, 5) is 56.0. The molecule has 0 spiro atoms. The molecule has 3 aromatic carbocycles. The Hall–Kier alpha value is -4.64. The summed E-state index contributed by atoms with van der Waals surface area (Å²) in [5.41, 5.74) is 2.08. The van der Waals surface area contributed by atoms with E-state index < -0.39 is 42.0 Å². The maximum Gasteiger partial charge on any atom is 0.408 e. The molecule has 1 saturated heterocycles. The lowest BCUT2D eigenvalue weighted by molar-refractivity contribution is -0.190. The van der Waals surface area contributed by atoms with Gasteiger partial charge in [-0.25, -0.2) is 9.59 Å². The average Bonchev–Trinajstić information content (AvgIpc) is 3.52. The highest BCUT2D eigenvalue weighted by atomic mass is 16.7. The topological polar surface area (TPSA) is 124 Å². The van der Waals surface area contributed by atoms with Gasteiger partial charge in [-0.1, -0.05) is 75.4 Å². The van der Waals surface area contributed by atoms with Crippen LogP contribution in [-0.4, -0.2) is 79.2 Å². The van der Waals surface area contributed by atoms with Gasteiger partial charge in [0.15, 0.2) is 0 Å². The number of hydrogen-bond acceptors (Lipinski definition) is 10. The number of fused-ring (bicyclic) bond motifs is 1. The molecular weight excluding hydrogens is 638 g/mol. The van der Waals surface area contributed by atoms with Crippen molar-refractivity contribution < 1.29 is 38.1 Å². The quantitative estimate of drug-likeness (QED) is 0.126. The van der Waals surface area contributed by atoms with Crippen LogP contribution in [0.1, 0.15) is 72.4 Å². The van der Waals surface area contributed by atoms with Gasteiger partial charge in [0.2, 0.25) is 6.29 Å². The second-order valence-electron chi connectivity index (χ2n) is 14.0. The van der Waals surface area contributed by atoms with Crippen molar-refractivity contribution in [3.8, 4) is 0 Å². The number of alkyl carbamates (subject to hydrolysis) is 1. The predicted molar refractivity (Wildman–Crippen MR) is 191 cm³/mol. The SMILES string of the molecule is CCOC(=O)Cc1ccc(N2CCN([C@@H](C(=O)O[C@H](C)OC(=O)[C@@H](NC(=O)OC(C)(C)C)C(C)C)[C@H](C)c3cccc4ccccc34)C2)cc1. The van der Waals surface area contributed by atoms with Gasteiger partial charge in [0.05, 0.1) is 19.7 Å². The molecule has 1 aliphatic heterocycles. The molecule has 11 heteroatoms. The monoisotopic (exact) mass is 689 g/mol. The van der Waals surface area contributed by atoms with E-state index in [1.807, 2.05) is 73.7 Å². The lowest BCUT2D eigenvalue weighted by Crippen LogP contribution is -2.49. The minimum atomic E-state index is -1.22. The minimum absolute atomic E-state index is 0.203. The van der Waals surface area contributed by atoms with Crippen LogP contribution >= 0.6 is 0 Å². The van der Waals surface area contributed by atoms with Crippen molar-refractivity contribution in [3.63, 3.8) is 0 Å². The molecule has 1 N–H and O–H groups in total. The Morgan fingerprint density at radius 1 is 0.840 bits per heavy atom. The van der Waals surface area contributed by atoms with E-state index in [-0.39, 0.29) is 24.2 Å². The molecule has 0 aromatic heterocycles. The van der Waals surface area contributed by atoms with Gasteiger partial charge in [-0.05, 0) is 67.6 Å². The van der Waals surface area contributed by atoms with Gasteiger partial charge in [-0.15, -0.1) is 0 Å². The number of nitrogens with one attached hydrogen (secondary N) is 1. The Labute approximate surface area is 295 Å². The molecule has 0 aliphatic carbocycles. The first kappa shape index (κ1) is 38.2. The molecule has 1 aliphatic rings. The predicted octanol–water partition coefficient (Wildman–Crippen LogP) is 6.18. The van der Waals surface area contributed by atoms with Gasteiger partial charge in [-0.2, -0.15) is 0 Å². The van der Waals surface area contributed by atoms with E-state index in [1.54, 1.807) is 41.5 Å². The molecule has 4 rings (SSSR count). The van der Waals surface area contributed by atoms with Crippen LogP contribution in [-0.2, 0) is 39.8 Å². The summed E-state index contributed by atoms with van der Waals surface area (Å²) < 4.78 is 21.8. The maximum absolute atomic E-state index is 14.1. The molecule has 0 saturated carbocycles. The molecule has 0 radical (unpaired) electrons. The number of anilines is 1. The Morgan fingerprint density at radius 2 is 1.50 bits per heavy atom. The van der Waals surface area contributed by atoms with Crippen molar-refractivity contribution in [2.75, 3.05) is 31.3 Å². The number of amides is 1. The standard InChI is InChI=1S/C39H51N3O8/c1-9-47-33(43)23-28-17-19-30(20-18-28)41-21-22-42(24-41)35(26(4)31-16-12-14-29-13-10-11-15-32(29)31)37(45)49-27(5)48-36(44)34(25(2)3)40-38(46)50-39(6,7)8/h10-20,25-27,34-35H,9,21-24H2,1-8H3,(H,40,46)/t26-,27-,34+,35-/m1/s1. The van der Waals surface area contributed by atoms with E-state index in [0.29, 0.717) is 26.4 Å². The molecular formula is C39H51N3O8. The Kier molecular flexibility index (Phi) is 12.9. The second kappa shape index (κ2) is 16.8. The molecule has 1 amide bonds. The first-order chi connectivity index (χ1) is 23.7. The summed E-state index contributed by atoms with van der Waals surface area (Å²) in [5, 5.41) is 4.69. The van der Waals surface area contributed by atoms with Crippen molar-refractivity contribution >= 4 is 40.5 Å². The molecule has 50 heavy (non-hydrogen) atoms. The average molecular weight is 690 g/mol. The molecule has 0 bridgehead atoms. The third-order valence-electron chi connectivity index (χ3n) is 8.54. The van der Waals surface area contributed by atoms with E-state index >= 15 is 0 Å². The lowest BCUT2D eigenvalue weighted by atomic mass is 9.88. The number of carbonyl (C=O) groups is 4. The van der Waals surface area contributed by atoms with Crippen LogP contribution in [0.4, 0.5) is 10.5 Å². The van der Waals surface area contributed by atoms with Crippen LogP contribution in [0.5, 0.6) is 0 Å². The third kappa shape index (κ3) is 10.2. The third-order valence-corrected chi connectivity index (χ3v) is 8.54. The van der Waals surface area contributed by atoms with Gasteiger partial charge in [0.25, 0.3) is 0 Å². The van der Waals surface area contributed by atoms with Crippen molar-refractivity contribution in [2.45, 2.75) is 91.7 Å². The molecule has 11 nitrogen and oxygen atoms in total. The number of hydrogen-bond donors (Lipinski definition) is 1. The van der Waals surface area contributed by atoms with Crippen molar-refractivity contribution in [1.29, 1.82) is 0 Å². The van der Waals surface area contributed by atoms with Crippen molar-refractivity contribution in [2.24, 2.45) is 5.92 Å². The highest BCUT2D eigenvalue weighted by Gasteiger charge is 2.39. The maximum atomic E-state index is 14.1. The lowest BCUT2D eigenvalue weighted by Gasteiger charge is -2.33. The normalized spacial score (nSPS) is 16.0. The first-order valence-corrected chi connectivity index (χ1v) is 17.3. The number of nitrogens with zero attached hydrogens (tertiary/aromatic N) is 2. The van der Waals surface area contributed by atoms with Gasteiger partial charge in [0, 0.05) is 31.6 Å². The van der Waals surface area contributed by atoms with Crippen LogP contribution in [0, 0.1) is 5.92 Å². The highest BCUT2D eigenvalue weighted by molar-refractivity contribution is 5.88. The summed E-state index contributed by atoms with van der Waals surface area (Å²) in [7, 11) is 0. The second-order valence-corrected chi connectivity index (χ2v) is 14.0. The zero-order valence-corrected chi connectivity index (χ0v) is 30.4. The molecule has 4 atom stereocenters. The zero-order valence-electron chi connectivity index (χ0n) is 30.4. The fraction of sp³-hybridized carbons (Fsp3) is 0.487. The molecule has 1 heterocycles. The molecule has 0 unspecified atom stereocenters. The Balaban J connectivity index is 1.52. The zero-order chi connectivity index (χ0) is 36.6. The summed E-state index contributed by atoms with van der Waals surface area (Å²) in [6.45, 7) is 16.1. The summed E-state index contributed by atoms with van der Waals surface area (Å²) in [6, 6.07) is 20.2. The number of carbonyl (C=O) groups excluding carboxylic acids is 4. The van der Waals surface area contributed by atoms with Crippen LogP contribution in [0.25, 0.3) is 10.8 Å².